The van der Waals surface area contributed by atoms with Crippen molar-refractivity contribution in [2.45, 2.75) is 11.4 Å². The van der Waals surface area contributed by atoms with E-state index in [0.717, 1.165) is 0 Å². The molecule has 0 fully saturated rings. The lowest BCUT2D eigenvalue weighted by atomic mass is 10.5. The van der Waals surface area contributed by atoms with Crippen molar-refractivity contribution in [3.63, 3.8) is 0 Å². The van der Waals surface area contributed by atoms with Gasteiger partial charge in [0.05, 0.1) is 6.33 Å². The molecule has 0 spiro atoms. The average molecular weight is 331 g/mol. The first-order chi connectivity index (χ1) is 8.58. The second kappa shape index (κ2) is 5.59. The molecule has 0 atom stereocenters. The average Bonchev–Trinajstić information content (AvgIpc) is 2.82. The van der Waals surface area contributed by atoms with Gasteiger partial charge in [0.25, 0.3) is 0 Å². The van der Waals surface area contributed by atoms with Gasteiger partial charge in [-0.3, -0.25) is 4.98 Å². The van der Waals surface area contributed by atoms with Gasteiger partial charge in [-0.05, 0) is 22.0 Å². The van der Waals surface area contributed by atoms with Crippen molar-refractivity contribution >= 4 is 26.0 Å². The number of halogens is 1. The zero-order valence-electron chi connectivity index (χ0n) is 9.32. The number of sulfonamides is 1. The number of aromatic nitrogens is 3. The third kappa shape index (κ3) is 3.37. The van der Waals surface area contributed by atoms with Crippen molar-refractivity contribution in [2.75, 3.05) is 6.54 Å². The van der Waals surface area contributed by atoms with Crippen molar-refractivity contribution < 1.29 is 8.42 Å². The summed E-state index contributed by atoms with van der Waals surface area (Å²) in [5.74, 6) is 0. The molecule has 0 aliphatic carbocycles. The summed E-state index contributed by atoms with van der Waals surface area (Å²) in [6, 6.07) is 1.51. The third-order valence-electron chi connectivity index (χ3n) is 2.21. The topological polar surface area (TPSA) is 76.9 Å². The molecule has 0 amide bonds. The summed E-state index contributed by atoms with van der Waals surface area (Å²) >= 11 is 3.19. The van der Waals surface area contributed by atoms with Crippen LogP contribution in [0.15, 0.2) is 46.5 Å². The van der Waals surface area contributed by atoms with Crippen LogP contribution in [0.4, 0.5) is 0 Å². The normalized spacial score (nSPS) is 11.6. The fourth-order valence-electron chi connectivity index (χ4n) is 1.35. The summed E-state index contributed by atoms with van der Waals surface area (Å²) in [4.78, 5) is 7.85. The van der Waals surface area contributed by atoms with E-state index in [4.69, 9.17) is 0 Å². The van der Waals surface area contributed by atoms with Gasteiger partial charge in [0.1, 0.15) is 4.90 Å². The van der Waals surface area contributed by atoms with E-state index in [-0.39, 0.29) is 4.90 Å². The largest absolute Gasteiger partial charge is 0.336 e. The summed E-state index contributed by atoms with van der Waals surface area (Å²) < 4.78 is 28.8. The number of hydrogen-bond donors (Lipinski definition) is 1. The quantitative estimate of drug-likeness (QED) is 0.887. The Morgan fingerprint density at radius 3 is 2.83 bits per heavy atom. The Morgan fingerprint density at radius 2 is 2.17 bits per heavy atom. The summed E-state index contributed by atoms with van der Waals surface area (Å²) in [5.41, 5.74) is 0. The second-order valence-electron chi connectivity index (χ2n) is 3.54. The van der Waals surface area contributed by atoms with Crippen LogP contribution in [0.25, 0.3) is 0 Å². The fraction of sp³-hybridized carbons (Fsp3) is 0.200. The van der Waals surface area contributed by atoms with Crippen molar-refractivity contribution in [1.82, 2.24) is 19.3 Å². The molecule has 0 saturated heterocycles. The van der Waals surface area contributed by atoms with Crippen molar-refractivity contribution in [3.8, 4) is 0 Å². The highest BCUT2D eigenvalue weighted by Gasteiger charge is 2.13. The van der Waals surface area contributed by atoms with Gasteiger partial charge in [-0.2, -0.15) is 0 Å². The van der Waals surface area contributed by atoms with E-state index in [1.807, 2.05) is 0 Å². The van der Waals surface area contributed by atoms with Crippen LogP contribution < -0.4 is 4.72 Å². The van der Waals surface area contributed by atoms with E-state index in [1.165, 1.54) is 18.5 Å². The summed E-state index contributed by atoms with van der Waals surface area (Å²) in [5, 5.41) is 0. The number of nitrogens with one attached hydrogen (secondary N) is 1. The molecule has 1 N–H and O–H groups in total. The van der Waals surface area contributed by atoms with Crippen LogP contribution in [0.1, 0.15) is 0 Å². The Labute approximate surface area is 113 Å². The minimum atomic E-state index is -3.51. The van der Waals surface area contributed by atoms with Gasteiger partial charge < -0.3 is 4.57 Å². The minimum absolute atomic E-state index is 0.141. The van der Waals surface area contributed by atoms with Crippen molar-refractivity contribution in [3.05, 3.63) is 41.7 Å². The fourth-order valence-corrected chi connectivity index (χ4v) is 2.88. The molecule has 0 saturated carbocycles. The smallest absolute Gasteiger partial charge is 0.242 e. The lowest BCUT2D eigenvalue weighted by Crippen LogP contribution is -2.27. The highest BCUT2D eigenvalue weighted by Crippen LogP contribution is 2.13. The zero-order chi connectivity index (χ0) is 13.0. The molecule has 6 nitrogen and oxygen atoms in total. The van der Waals surface area contributed by atoms with Gasteiger partial charge >= 0.3 is 0 Å². The zero-order valence-corrected chi connectivity index (χ0v) is 11.7. The maximum atomic E-state index is 11.9. The lowest BCUT2D eigenvalue weighted by molar-refractivity contribution is 0.572. The summed E-state index contributed by atoms with van der Waals surface area (Å²) in [6.07, 6.45) is 7.89. The number of rotatable bonds is 5. The Morgan fingerprint density at radius 1 is 1.33 bits per heavy atom. The molecule has 2 aromatic heterocycles. The van der Waals surface area contributed by atoms with Gasteiger partial charge in [0.2, 0.25) is 10.0 Å². The molecule has 8 heteroatoms. The number of pyridine rings is 1. The Kier molecular flexibility index (Phi) is 4.10. The van der Waals surface area contributed by atoms with E-state index < -0.39 is 10.0 Å². The number of imidazole rings is 1. The maximum Gasteiger partial charge on any atom is 0.242 e. The van der Waals surface area contributed by atoms with Crippen LogP contribution in [0.2, 0.25) is 0 Å². The standard InChI is InChI=1S/C10H11BrN4O2S/c11-9-5-10(7-13-6-9)18(16,17)14-2-4-15-3-1-12-8-15/h1,3,5-8,14H,2,4H2. The highest BCUT2D eigenvalue weighted by atomic mass is 79.9. The molecule has 0 aliphatic rings. The van der Waals surface area contributed by atoms with E-state index in [0.29, 0.717) is 17.6 Å². The Bertz CT molecular complexity index is 613. The Balaban J connectivity index is 1.99. The predicted molar refractivity (Wildman–Crippen MR) is 69.4 cm³/mol. The highest BCUT2D eigenvalue weighted by molar-refractivity contribution is 9.10. The first-order valence-corrected chi connectivity index (χ1v) is 7.41. The van der Waals surface area contributed by atoms with E-state index in [2.05, 4.69) is 30.6 Å². The van der Waals surface area contributed by atoms with Gasteiger partial charge in [0.15, 0.2) is 0 Å². The van der Waals surface area contributed by atoms with Crippen molar-refractivity contribution in [1.29, 1.82) is 0 Å². The van der Waals surface area contributed by atoms with Crippen LogP contribution in [-0.4, -0.2) is 29.5 Å². The van der Waals surface area contributed by atoms with Gasteiger partial charge in [-0.1, -0.05) is 0 Å². The molecule has 18 heavy (non-hydrogen) atoms. The summed E-state index contributed by atoms with van der Waals surface area (Å²) in [6.45, 7) is 0.825. The lowest BCUT2D eigenvalue weighted by Gasteiger charge is -2.07. The molecule has 0 radical (unpaired) electrons. The molecule has 0 unspecified atom stereocenters. The van der Waals surface area contributed by atoms with Gasteiger partial charge in [0, 0.05) is 42.3 Å². The Hall–Kier alpha value is -1.25. The van der Waals surface area contributed by atoms with Crippen LogP contribution in [0.5, 0.6) is 0 Å². The number of nitrogens with zero attached hydrogens (tertiary/aromatic N) is 3. The molecule has 0 aromatic carbocycles. The van der Waals surface area contributed by atoms with E-state index in [1.54, 1.807) is 23.3 Å². The maximum absolute atomic E-state index is 11.9. The van der Waals surface area contributed by atoms with Gasteiger partial charge in [-0.25, -0.2) is 18.1 Å². The molecule has 2 heterocycles. The van der Waals surface area contributed by atoms with Crippen LogP contribution >= 0.6 is 15.9 Å². The van der Waals surface area contributed by atoms with Crippen LogP contribution in [0.3, 0.4) is 0 Å². The molecule has 2 aromatic rings. The minimum Gasteiger partial charge on any atom is -0.336 e. The van der Waals surface area contributed by atoms with Crippen LogP contribution in [-0.2, 0) is 16.6 Å². The monoisotopic (exact) mass is 330 g/mol. The second-order valence-corrected chi connectivity index (χ2v) is 6.22. The van der Waals surface area contributed by atoms with E-state index >= 15 is 0 Å². The first-order valence-electron chi connectivity index (χ1n) is 5.14. The molecule has 0 bridgehead atoms. The van der Waals surface area contributed by atoms with E-state index in [9.17, 15) is 8.42 Å². The van der Waals surface area contributed by atoms with Crippen LogP contribution in [0, 0.1) is 0 Å². The van der Waals surface area contributed by atoms with Gasteiger partial charge in [-0.15, -0.1) is 0 Å². The van der Waals surface area contributed by atoms with Crippen molar-refractivity contribution in [2.24, 2.45) is 0 Å². The summed E-state index contributed by atoms with van der Waals surface area (Å²) in [7, 11) is -3.51. The molecular formula is C10H11BrN4O2S. The molecule has 96 valence electrons. The first kappa shape index (κ1) is 13.2. The molecule has 0 aliphatic heterocycles. The third-order valence-corrected chi connectivity index (χ3v) is 4.07. The predicted octanol–water partition coefficient (Wildman–Crippen LogP) is 1.02. The number of hydrogen-bond acceptors (Lipinski definition) is 4. The SMILES string of the molecule is O=S(=O)(NCCn1ccnc1)c1cncc(Br)c1. The molecular weight excluding hydrogens is 320 g/mol. The molecule has 2 rings (SSSR count).